The average molecular weight is 443 g/mol. The van der Waals surface area contributed by atoms with Crippen molar-refractivity contribution in [3.63, 3.8) is 0 Å². The van der Waals surface area contributed by atoms with Crippen LogP contribution >= 0.6 is 0 Å². The molecule has 0 aromatic heterocycles. The second-order valence-electron chi connectivity index (χ2n) is 12.3. The van der Waals surface area contributed by atoms with Crippen LogP contribution in [0.25, 0.3) is 0 Å². The van der Waals surface area contributed by atoms with E-state index in [-0.39, 0.29) is 39.8 Å². The Kier molecular flexibility index (Phi) is 4.58. The first-order valence-electron chi connectivity index (χ1n) is 12.3. The number of rotatable bonds is 1. The van der Waals surface area contributed by atoms with Crippen LogP contribution in [0.5, 0.6) is 17.2 Å². The van der Waals surface area contributed by atoms with E-state index in [2.05, 4.69) is 34.6 Å². The Morgan fingerprint density at radius 3 is 2.44 bits per heavy atom. The molecule has 0 radical (unpaired) electrons. The molecule has 3 fully saturated rings. The lowest BCUT2D eigenvalue weighted by Gasteiger charge is -2.69. The van der Waals surface area contributed by atoms with Crippen molar-refractivity contribution < 1.29 is 24.9 Å². The number of hydrogen-bond donors (Lipinski definition) is 3. The number of aromatic hydroxyl groups is 2. The maximum Gasteiger partial charge on any atom is 0.164 e. The summed E-state index contributed by atoms with van der Waals surface area (Å²) in [5, 5.41) is 31.7. The van der Waals surface area contributed by atoms with Gasteiger partial charge in [0.1, 0.15) is 11.4 Å². The molecule has 0 amide bonds. The summed E-state index contributed by atoms with van der Waals surface area (Å²) < 4.78 is 6.82. The fourth-order valence-electron chi connectivity index (χ4n) is 9.07. The molecule has 4 unspecified atom stereocenters. The van der Waals surface area contributed by atoms with E-state index < -0.39 is 5.60 Å². The van der Waals surface area contributed by atoms with E-state index in [1.54, 1.807) is 0 Å². The minimum atomic E-state index is -0.518. The lowest BCUT2D eigenvalue weighted by molar-refractivity contribution is -0.238. The predicted octanol–water partition coefficient (Wildman–Crippen LogP) is 5.23. The van der Waals surface area contributed by atoms with E-state index in [0.717, 1.165) is 38.5 Å². The number of hydrogen-bond acceptors (Lipinski definition) is 5. The standard InChI is InChI=1S/C27H38O5/c1-15-6-7-20-25(4)10-9-21(30)24(2,3)19(25)8-11-26(20,5)27(15)13-17-22(31)18(29)12-16(14-28)23(17)32-27/h12,14-15,19-21,29-31H,6-11,13H2,1-5H3/t15-,19-,20?,21?,25?,26?,27-/m0/s1. The molecule has 4 aliphatic rings. The van der Waals surface area contributed by atoms with E-state index in [0.29, 0.717) is 41.4 Å². The Bertz CT molecular complexity index is 969. The van der Waals surface area contributed by atoms with Crippen LogP contribution in [0.4, 0.5) is 0 Å². The number of aldehydes is 1. The Morgan fingerprint density at radius 2 is 1.75 bits per heavy atom. The van der Waals surface area contributed by atoms with Gasteiger partial charge in [0.25, 0.3) is 0 Å². The number of ether oxygens (including phenoxy) is 1. The molecule has 5 nitrogen and oxygen atoms in total. The van der Waals surface area contributed by atoms with Crippen molar-refractivity contribution in [2.45, 2.75) is 91.3 Å². The van der Waals surface area contributed by atoms with Gasteiger partial charge in [-0.1, -0.05) is 34.6 Å². The highest BCUT2D eigenvalue weighted by molar-refractivity contribution is 5.83. The minimum absolute atomic E-state index is 0.110. The molecule has 0 bridgehead atoms. The van der Waals surface area contributed by atoms with Crippen LogP contribution in [-0.2, 0) is 6.42 Å². The molecule has 5 rings (SSSR count). The summed E-state index contributed by atoms with van der Waals surface area (Å²) in [6, 6.07) is 1.32. The smallest absolute Gasteiger partial charge is 0.164 e. The van der Waals surface area contributed by atoms with Gasteiger partial charge in [-0.15, -0.1) is 0 Å². The Labute approximate surface area is 191 Å². The largest absolute Gasteiger partial charge is 0.504 e. The lowest BCUT2D eigenvalue weighted by atomic mass is 9.37. The summed E-state index contributed by atoms with van der Waals surface area (Å²) in [7, 11) is 0. The maximum atomic E-state index is 11.8. The molecule has 3 saturated carbocycles. The van der Waals surface area contributed by atoms with Crippen LogP contribution in [0.2, 0.25) is 0 Å². The van der Waals surface area contributed by atoms with Gasteiger partial charge in [-0.05, 0) is 73.2 Å². The van der Waals surface area contributed by atoms with Gasteiger partial charge in [0.15, 0.2) is 17.8 Å². The van der Waals surface area contributed by atoms with Crippen molar-refractivity contribution in [2.75, 3.05) is 0 Å². The van der Waals surface area contributed by atoms with Gasteiger partial charge in [0, 0.05) is 17.4 Å². The first-order chi connectivity index (χ1) is 14.9. The molecule has 1 spiro atoms. The van der Waals surface area contributed by atoms with Crippen molar-refractivity contribution in [3.05, 3.63) is 17.2 Å². The summed E-state index contributed by atoms with van der Waals surface area (Å²) in [6.07, 6.45) is 7.03. The topological polar surface area (TPSA) is 87.0 Å². The fraction of sp³-hybridized carbons (Fsp3) is 0.741. The van der Waals surface area contributed by atoms with Crippen LogP contribution in [0.1, 0.15) is 89.1 Å². The first-order valence-corrected chi connectivity index (χ1v) is 12.3. The van der Waals surface area contributed by atoms with Gasteiger partial charge in [-0.25, -0.2) is 0 Å². The second kappa shape index (κ2) is 6.65. The van der Waals surface area contributed by atoms with Crippen molar-refractivity contribution in [1.82, 2.24) is 0 Å². The third kappa shape index (κ3) is 2.47. The average Bonchev–Trinajstić information content (AvgIpc) is 3.15. The molecule has 1 aromatic rings. The number of benzene rings is 1. The molecule has 3 N–H and O–H groups in total. The zero-order valence-corrected chi connectivity index (χ0v) is 20.1. The number of carbonyl (C=O) groups excluding carboxylic acids is 1. The van der Waals surface area contributed by atoms with Gasteiger partial charge in [0.2, 0.25) is 0 Å². The number of aliphatic hydroxyl groups excluding tert-OH is 1. The van der Waals surface area contributed by atoms with Crippen LogP contribution in [-0.4, -0.2) is 33.3 Å². The summed E-state index contributed by atoms with van der Waals surface area (Å²) >= 11 is 0. The number of aliphatic hydroxyl groups is 1. The molecular weight excluding hydrogens is 404 g/mol. The van der Waals surface area contributed by atoms with Crippen molar-refractivity contribution in [2.24, 2.45) is 34.0 Å². The summed E-state index contributed by atoms with van der Waals surface area (Å²) in [5.74, 6) is 1.20. The normalized spacial score (nSPS) is 44.3. The molecule has 176 valence electrons. The van der Waals surface area contributed by atoms with Gasteiger partial charge in [-0.3, -0.25) is 4.79 Å². The van der Waals surface area contributed by atoms with Crippen molar-refractivity contribution >= 4 is 6.29 Å². The highest BCUT2D eigenvalue weighted by Crippen LogP contribution is 2.72. The highest BCUT2D eigenvalue weighted by atomic mass is 16.5. The fourth-order valence-corrected chi connectivity index (χ4v) is 9.07. The number of phenols is 2. The maximum absolute atomic E-state index is 11.8. The molecule has 1 aliphatic heterocycles. The molecule has 32 heavy (non-hydrogen) atoms. The first kappa shape index (κ1) is 22.1. The Balaban J connectivity index is 1.62. The highest BCUT2D eigenvalue weighted by Gasteiger charge is 2.70. The van der Waals surface area contributed by atoms with Gasteiger partial charge in [-0.2, -0.15) is 0 Å². The third-order valence-corrected chi connectivity index (χ3v) is 10.9. The molecule has 7 atom stereocenters. The number of fused-ring (bicyclic) bond motifs is 5. The predicted molar refractivity (Wildman–Crippen MR) is 122 cm³/mol. The SMILES string of the molecule is C[C@H]1CCC2C3(C)CCC(O)C(C)(C)[C@@H]3CCC2(C)[C@]12Cc1c(O)c(O)cc(C=O)c1O2. The van der Waals surface area contributed by atoms with E-state index >= 15 is 0 Å². The number of carbonyl (C=O) groups is 1. The molecule has 3 aliphatic carbocycles. The zero-order chi connectivity index (χ0) is 23.3. The van der Waals surface area contributed by atoms with Crippen molar-refractivity contribution in [1.29, 1.82) is 0 Å². The quantitative estimate of drug-likeness (QED) is 0.409. The van der Waals surface area contributed by atoms with Crippen LogP contribution in [0, 0.1) is 34.0 Å². The second-order valence-corrected chi connectivity index (χ2v) is 12.3. The van der Waals surface area contributed by atoms with E-state index in [1.165, 1.54) is 6.07 Å². The Morgan fingerprint density at radius 1 is 1.03 bits per heavy atom. The van der Waals surface area contributed by atoms with E-state index in [4.69, 9.17) is 4.74 Å². The van der Waals surface area contributed by atoms with E-state index in [1.807, 2.05) is 0 Å². The van der Waals surface area contributed by atoms with Gasteiger partial charge in [0.05, 0.1) is 11.7 Å². The molecular formula is C27H38O5. The van der Waals surface area contributed by atoms with Crippen molar-refractivity contribution in [3.8, 4) is 17.2 Å². The molecule has 1 aromatic carbocycles. The number of phenolic OH excluding ortho intramolecular Hbond substituents is 2. The van der Waals surface area contributed by atoms with Crippen LogP contribution in [0.15, 0.2) is 6.07 Å². The minimum Gasteiger partial charge on any atom is -0.504 e. The van der Waals surface area contributed by atoms with Gasteiger partial charge >= 0.3 is 0 Å². The summed E-state index contributed by atoms with van der Waals surface area (Å²) in [4.78, 5) is 11.8. The monoisotopic (exact) mass is 442 g/mol. The van der Waals surface area contributed by atoms with E-state index in [9.17, 15) is 20.1 Å². The Hall–Kier alpha value is -1.75. The van der Waals surface area contributed by atoms with Crippen LogP contribution < -0.4 is 4.74 Å². The summed E-state index contributed by atoms with van der Waals surface area (Å²) in [5.41, 5.74) is 0.238. The lowest BCUT2D eigenvalue weighted by Crippen LogP contribution is -2.68. The zero-order valence-electron chi connectivity index (χ0n) is 20.1. The molecule has 5 heteroatoms. The third-order valence-electron chi connectivity index (χ3n) is 10.9. The summed E-state index contributed by atoms with van der Waals surface area (Å²) in [6.45, 7) is 11.5. The van der Waals surface area contributed by atoms with Gasteiger partial charge < -0.3 is 20.1 Å². The molecule has 1 heterocycles. The molecule has 0 saturated heterocycles. The van der Waals surface area contributed by atoms with Crippen LogP contribution in [0.3, 0.4) is 0 Å².